The molecule has 0 spiro atoms. The largest absolute Gasteiger partial charge is 0.484 e. The van der Waals surface area contributed by atoms with Gasteiger partial charge in [-0.1, -0.05) is 61.7 Å². The molecule has 1 aliphatic carbocycles. The fourth-order valence-electron chi connectivity index (χ4n) is 3.71. The van der Waals surface area contributed by atoms with Gasteiger partial charge in [-0.15, -0.1) is 0 Å². The molecular weight excluding hydrogens is 336 g/mol. The van der Waals surface area contributed by atoms with Crippen molar-refractivity contribution in [3.8, 4) is 5.75 Å². The second-order valence-electron chi connectivity index (χ2n) is 7.35. The first kappa shape index (κ1) is 19.4. The molecule has 1 amide bonds. The highest BCUT2D eigenvalue weighted by Crippen LogP contribution is 2.23. The van der Waals surface area contributed by atoms with Crippen molar-refractivity contribution in [1.29, 1.82) is 0 Å². The van der Waals surface area contributed by atoms with Gasteiger partial charge in [0.15, 0.2) is 6.61 Å². The predicted molar refractivity (Wildman–Crippen MR) is 109 cm³/mol. The summed E-state index contributed by atoms with van der Waals surface area (Å²) >= 11 is 0. The molecule has 0 bridgehead atoms. The number of ether oxygens (including phenoxy) is 1. The van der Waals surface area contributed by atoms with Gasteiger partial charge in [0.1, 0.15) is 5.75 Å². The number of nitrogens with one attached hydrogen (secondary N) is 1. The summed E-state index contributed by atoms with van der Waals surface area (Å²) in [6, 6.07) is 18.5. The summed E-state index contributed by atoms with van der Waals surface area (Å²) in [5, 5.41) is 2.98. The number of rotatable bonds is 8. The van der Waals surface area contributed by atoms with Gasteiger partial charge in [0.25, 0.3) is 5.91 Å². The molecule has 0 atom stereocenters. The fraction of sp³-hybridized carbons (Fsp3) is 0.435. The molecule has 4 heteroatoms. The number of nitrogens with zero attached hydrogens (tertiary/aromatic N) is 1. The first-order valence-corrected chi connectivity index (χ1v) is 9.94. The van der Waals surface area contributed by atoms with Crippen LogP contribution < -0.4 is 10.1 Å². The summed E-state index contributed by atoms with van der Waals surface area (Å²) in [5.41, 5.74) is 2.46. The molecule has 0 radical (unpaired) electrons. The molecule has 0 saturated heterocycles. The summed E-state index contributed by atoms with van der Waals surface area (Å²) in [6.45, 7) is 1.50. The van der Waals surface area contributed by atoms with E-state index in [1.54, 1.807) is 0 Å². The molecule has 1 aliphatic rings. The monoisotopic (exact) mass is 366 g/mol. The third-order valence-electron chi connectivity index (χ3n) is 5.33. The van der Waals surface area contributed by atoms with Gasteiger partial charge in [0.05, 0.1) is 0 Å². The van der Waals surface area contributed by atoms with Crippen LogP contribution in [0.25, 0.3) is 0 Å². The zero-order valence-electron chi connectivity index (χ0n) is 16.2. The second kappa shape index (κ2) is 10.1. The molecule has 1 fully saturated rings. The minimum Gasteiger partial charge on any atom is -0.484 e. The van der Waals surface area contributed by atoms with E-state index in [0.29, 0.717) is 18.3 Å². The maximum absolute atomic E-state index is 12.1. The van der Waals surface area contributed by atoms with Crippen LogP contribution in [0.4, 0.5) is 0 Å². The Morgan fingerprint density at radius 2 is 1.67 bits per heavy atom. The van der Waals surface area contributed by atoms with Gasteiger partial charge in [-0.3, -0.25) is 9.69 Å². The Kier molecular flexibility index (Phi) is 7.28. The number of carbonyl (C=O) groups excluding carboxylic acids is 1. The van der Waals surface area contributed by atoms with E-state index >= 15 is 0 Å². The van der Waals surface area contributed by atoms with Gasteiger partial charge in [-0.25, -0.2) is 0 Å². The molecule has 0 aromatic heterocycles. The number of carbonyl (C=O) groups is 1. The van der Waals surface area contributed by atoms with Crippen LogP contribution in [0.1, 0.15) is 43.2 Å². The van der Waals surface area contributed by atoms with E-state index in [0.717, 1.165) is 6.54 Å². The zero-order chi connectivity index (χ0) is 18.9. The first-order valence-electron chi connectivity index (χ1n) is 9.94. The van der Waals surface area contributed by atoms with Crippen molar-refractivity contribution in [2.75, 3.05) is 13.7 Å². The molecule has 4 nitrogen and oxygen atoms in total. The van der Waals surface area contributed by atoms with E-state index in [1.807, 2.05) is 36.4 Å². The van der Waals surface area contributed by atoms with E-state index in [9.17, 15) is 4.79 Å². The summed E-state index contributed by atoms with van der Waals surface area (Å²) in [6.07, 6.45) is 6.65. The Labute approximate surface area is 162 Å². The third kappa shape index (κ3) is 6.10. The molecular formula is C23H30N2O2. The van der Waals surface area contributed by atoms with Gasteiger partial charge >= 0.3 is 0 Å². The Morgan fingerprint density at radius 3 is 2.41 bits per heavy atom. The van der Waals surface area contributed by atoms with Crippen LogP contribution in [0, 0.1) is 0 Å². The van der Waals surface area contributed by atoms with Gasteiger partial charge in [0, 0.05) is 19.1 Å². The fourth-order valence-corrected chi connectivity index (χ4v) is 3.71. The number of hydrogen-bond donors (Lipinski definition) is 1. The Balaban J connectivity index is 1.50. The van der Waals surface area contributed by atoms with E-state index in [1.165, 1.54) is 43.2 Å². The average Bonchev–Trinajstić information content (AvgIpc) is 2.73. The predicted octanol–water partition coefficient (Wildman–Crippen LogP) is 4.15. The number of amides is 1. The van der Waals surface area contributed by atoms with Crippen LogP contribution in [0.15, 0.2) is 54.6 Å². The summed E-state index contributed by atoms with van der Waals surface area (Å²) < 4.78 is 5.51. The van der Waals surface area contributed by atoms with Crippen molar-refractivity contribution < 1.29 is 9.53 Å². The van der Waals surface area contributed by atoms with Crippen molar-refractivity contribution in [3.63, 3.8) is 0 Å². The van der Waals surface area contributed by atoms with Crippen LogP contribution in [-0.2, 0) is 17.9 Å². The topological polar surface area (TPSA) is 41.6 Å². The molecule has 144 valence electrons. The first-order chi connectivity index (χ1) is 13.2. The standard InChI is InChI=1S/C23H30N2O2/c1-25(21-12-4-2-5-13-21)17-20-11-9-8-10-19(20)16-24-23(26)18-27-22-14-6-3-7-15-22/h3,6-11,14-15,21H,2,4-5,12-13,16-18H2,1H3,(H,24,26). The van der Waals surface area contributed by atoms with Crippen molar-refractivity contribution in [2.24, 2.45) is 0 Å². The maximum Gasteiger partial charge on any atom is 0.258 e. The molecule has 0 unspecified atom stereocenters. The SMILES string of the molecule is CN(Cc1ccccc1CNC(=O)COc1ccccc1)C1CCCCC1. The van der Waals surface area contributed by atoms with E-state index in [-0.39, 0.29) is 12.5 Å². The quantitative estimate of drug-likeness (QED) is 0.763. The van der Waals surface area contributed by atoms with E-state index in [2.05, 4.69) is 35.5 Å². The van der Waals surface area contributed by atoms with Crippen LogP contribution in [0.3, 0.4) is 0 Å². The molecule has 2 aromatic carbocycles. The van der Waals surface area contributed by atoms with Gasteiger partial charge < -0.3 is 10.1 Å². The van der Waals surface area contributed by atoms with E-state index < -0.39 is 0 Å². The summed E-state index contributed by atoms with van der Waals surface area (Å²) in [5.74, 6) is 0.608. The van der Waals surface area contributed by atoms with Crippen LogP contribution in [0.5, 0.6) is 5.75 Å². The Hall–Kier alpha value is -2.33. The van der Waals surface area contributed by atoms with Gasteiger partial charge in [-0.05, 0) is 43.1 Å². The van der Waals surface area contributed by atoms with Gasteiger partial charge in [0.2, 0.25) is 0 Å². The lowest BCUT2D eigenvalue weighted by atomic mass is 9.94. The van der Waals surface area contributed by atoms with Crippen LogP contribution >= 0.6 is 0 Å². The van der Waals surface area contributed by atoms with Crippen molar-refractivity contribution in [3.05, 3.63) is 65.7 Å². The normalized spacial score (nSPS) is 14.9. The lowest BCUT2D eigenvalue weighted by molar-refractivity contribution is -0.123. The summed E-state index contributed by atoms with van der Waals surface area (Å²) in [4.78, 5) is 14.6. The number of hydrogen-bond acceptors (Lipinski definition) is 3. The number of benzene rings is 2. The summed E-state index contributed by atoms with van der Waals surface area (Å²) in [7, 11) is 2.22. The Morgan fingerprint density at radius 1 is 1.00 bits per heavy atom. The van der Waals surface area contributed by atoms with Gasteiger partial charge in [-0.2, -0.15) is 0 Å². The van der Waals surface area contributed by atoms with Crippen molar-refractivity contribution in [1.82, 2.24) is 10.2 Å². The van der Waals surface area contributed by atoms with Crippen molar-refractivity contribution in [2.45, 2.75) is 51.2 Å². The molecule has 1 N–H and O–H groups in total. The molecule has 0 aliphatic heterocycles. The highest BCUT2D eigenvalue weighted by Gasteiger charge is 2.18. The molecule has 3 rings (SSSR count). The molecule has 1 saturated carbocycles. The maximum atomic E-state index is 12.1. The minimum atomic E-state index is -0.103. The third-order valence-corrected chi connectivity index (χ3v) is 5.33. The Bertz CT molecular complexity index is 711. The van der Waals surface area contributed by atoms with Crippen LogP contribution in [0.2, 0.25) is 0 Å². The second-order valence-corrected chi connectivity index (χ2v) is 7.35. The molecule has 2 aromatic rings. The molecule has 0 heterocycles. The lowest BCUT2D eigenvalue weighted by Crippen LogP contribution is -2.33. The van der Waals surface area contributed by atoms with E-state index in [4.69, 9.17) is 4.74 Å². The minimum absolute atomic E-state index is 0.0359. The average molecular weight is 367 g/mol. The smallest absolute Gasteiger partial charge is 0.258 e. The highest BCUT2D eigenvalue weighted by atomic mass is 16.5. The lowest BCUT2D eigenvalue weighted by Gasteiger charge is -2.31. The highest BCUT2D eigenvalue weighted by molar-refractivity contribution is 5.77. The molecule has 27 heavy (non-hydrogen) atoms. The zero-order valence-corrected chi connectivity index (χ0v) is 16.2. The number of para-hydroxylation sites is 1. The van der Waals surface area contributed by atoms with Crippen LogP contribution in [-0.4, -0.2) is 30.5 Å². The van der Waals surface area contributed by atoms with Crippen molar-refractivity contribution >= 4 is 5.91 Å².